The zero-order valence-electron chi connectivity index (χ0n) is 12.7. The summed E-state index contributed by atoms with van der Waals surface area (Å²) in [5, 5.41) is 0. The molecule has 1 aliphatic rings. The number of hydrogen-bond acceptors (Lipinski definition) is 4. The fraction of sp³-hybridized carbons (Fsp3) is 0.571. The summed E-state index contributed by atoms with van der Waals surface area (Å²) in [5.74, 6) is 0.747. The van der Waals surface area contributed by atoms with Crippen molar-refractivity contribution >= 4 is 10.3 Å². The van der Waals surface area contributed by atoms with Crippen molar-refractivity contribution in [1.82, 2.24) is 4.31 Å². The smallest absolute Gasteiger partial charge is 0.335 e. The summed E-state index contributed by atoms with van der Waals surface area (Å²) in [6.45, 7) is 6.61. The molecular weight excluding hydrogens is 294 g/mol. The van der Waals surface area contributed by atoms with Crippen LogP contribution >= 0.6 is 0 Å². The largest absolute Gasteiger partial charge is 0.464 e. The van der Waals surface area contributed by atoms with E-state index in [1.165, 1.54) is 7.05 Å². The van der Waals surface area contributed by atoms with E-state index in [2.05, 4.69) is 0 Å². The number of ether oxygens (including phenoxy) is 2. The van der Waals surface area contributed by atoms with Crippen LogP contribution in [0.5, 0.6) is 5.75 Å². The molecule has 2 rings (SSSR count). The van der Waals surface area contributed by atoms with Crippen molar-refractivity contribution < 1.29 is 22.4 Å². The van der Waals surface area contributed by atoms with E-state index in [1.54, 1.807) is 6.07 Å². The highest BCUT2D eigenvalue weighted by Gasteiger charge is 2.42. The molecule has 0 spiro atoms. The highest BCUT2D eigenvalue weighted by atomic mass is 32.2. The third-order valence-electron chi connectivity index (χ3n) is 3.68. The molecule has 0 radical (unpaired) electrons. The lowest BCUT2D eigenvalue weighted by Gasteiger charge is -2.25. The Morgan fingerprint density at radius 1 is 1.43 bits per heavy atom. The fourth-order valence-electron chi connectivity index (χ4n) is 2.40. The lowest BCUT2D eigenvalue weighted by molar-refractivity contribution is -0.0981. The van der Waals surface area contributed by atoms with E-state index in [4.69, 9.17) is 14.0 Å². The zero-order valence-corrected chi connectivity index (χ0v) is 13.5. The third-order valence-corrected chi connectivity index (χ3v) is 4.60. The molecule has 118 valence electrons. The monoisotopic (exact) mass is 315 g/mol. The van der Waals surface area contributed by atoms with Crippen molar-refractivity contribution in [2.45, 2.75) is 39.0 Å². The van der Waals surface area contributed by atoms with E-state index in [9.17, 15) is 8.42 Å². The summed E-state index contributed by atoms with van der Waals surface area (Å²) in [4.78, 5) is 0. The summed E-state index contributed by atoms with van der Waals surface area (Å²) in [7, 11) is -2.86. The van der Waals surface area contributed by atoms with Crippen molar-refractivity contribution in [2.24, 2.45) is 0 Å². The second kappa shape index (κ2) is 5.57. The minimum atomic E-state index is -4.19. The molecule has 0 saturated carbocycles. The van der Waals surface area contributed by atoms with Gasteiger partial charge in [0.05, 0.1) is 5.41 Å². The highest BCUT2D eigenvalue weighted by Crippen LogP contribution is 2.43. The molecule has 7 heteroatoms. The Morgan fingerprint density at radius 3 is 2.67 bits per heavy atom. The van der Waals surface area contributed by atoms with Crippen LogP contribution in [0.25, 0.3) is 0 Å². The van der Waals surface area contributed by atoms with E-state index in [-0.39, 0.29) is 18.2 Å². The average Bonchev–Trinajstić information content (AvgIpc) is 2.61. The lowest BCUT2D eigenvalue weighted by Crippen LogP contribution is -2.34. The number of benzene rings is 1. The number of hydrogen-bond donors (Lipinski definition) is 1. The zero-order chi connectivity index (χ0) is 15.8. The van der Waals surface area contributed by atoms with Crippen molar-refractivity contribution in [2.75, 3.05) is 13.7 Å². The summed E-state index contributed by atoms with van der Waals surface area (Å²) in [5.41, 5.74) is 1.43. The Hall–Kier alpha value is -1.15. The SMILES string of the molecule is CCOC1Oc2ccc(CN(C)S(=O)(=O)O)cc2C1(C)C. The summed E-state index contributed by atoms with van der Waals surface area (Å²) in [6.07, 6.45) is -0.355. The molecule has 21 heavy (non-hydrogen) atoms. The Bertz CT molecular complexity index is 626. The maximum Gasteiger partial charge on any atom is 0.335 e. The van der Waals surface area contributed by atoms with Gasteiger partial charge in [-0.05, 0) is 38.5 Å². The van der Waals surface area contributed by atoms with Gasteiger partial charge < -0.3 is 9.47 Å². The van der Waals surface area contributed by atoms with Gasteiger partial charge in [0.15, 0.2) is 0 Å². The molecule has 1 heterocycles. The van der Waals surface area contributed by atoms with Gasteiger partial charge in [0.25, 0.3) is 0 Å². The molecule has 0 amide bonds. The normalized spacial score (nSPS) is 20.4. The molecule has 1 N–H and O–H groups in total. The Morgan fingerprint density at radius 2 is 2.10 bits per heavy atom. The van der Waals surface area contributed by atoms with Gasteiger partial charge in [0.1, 0.15) is 5.75 Å². The van der Waals surface area contributed by atoms with Gasteiger partial charge in [0, 0.05) is 25.8 Å². The predicted octanol–water partition coefficient (Wildman–Crippen LogP) is 1.95. The minimum absolute atomic E-state index is 0.0987. The van der Waals surface area contributed by atoms with Crippen LogP contribution in [0.4, 0.5) is 0 Å². The third kappa shape index (κ3) is 3.21. The van der Waals surface area contributed by atoms with E-state index < -0.39 is 10.3 Å². The van der Waals surface area contributed by atoms with Crippen LogP contribution in [0.3, 0.4) is 0 Å². The molecule has 0 aromatic heterocycles. The first kappa shape index (κ1) is 16.2. The van der Waals surface area contributed by atoms with Gasteiger partial charge in [-0.1, -0.05) is 6.07 Å². The molecule has 0 aliphatic carbocycles. The van der Waals surface area contributed by atoms with Crippen LogP contribution < -0.4 is 4.74 Å². The maximum atomic E-state index is 11.1. The second-order valence-electron chi connectivity index (χ2n) is 5.69. The Labute approximate surface area is 125 Å². The molecule has 0 saturated heterocycles. The molecule has 1 unspecified atom stereocenters. The van der Waals surface area contributed by atoms with Crippen LogP contribution in [0, 0.1) is 0 Å². The van der Waals surface area contributed by atoms with E-state index in [0.29, 0.717) is 6.61 Å². The average molecular weight is 315 g/mol. The molecule has 1 atom stereocenters. The number of rotatable bonds is 5. The second-order valence-corrected chi connectivity index (χ2v) is 7.21. The fourth-order valence-corrected chi connectivity index (χ4v) is 2.72. The molecule has 0 fully saturated rings. The molecule has 1 aromatic rings. The van der Waals surface area contributed by atoms with Crippen LogP contribution in [0.2, 0.25) is 0 Å². The number of fused-ring (bicyclic) bond motifs is 1. The summed E-state index contributed by atoms with van der Waals surface area (Å²) < 4.78 is 43.4. The van der Waals surface area contributed by atoms with Crippen LogP contribution in [0.15, 0.2) is 18.2 Å². The topological polar surface area (TPSA) is 76.1 Å². The van der Waals surface area contributed by atoms with Gasteiger partial charge in [-0.25, -0.2) is 0 Å². The highest BCUT2D eigenvalue weighted by molar-refractivity contribution is 7.83. The lowest BCUT2D eigenvalue weighted by atomic mass is 9.84. The summed E-state index contributed by atoms with van der Waals surface area (Å²) in [6, 6.07) is 5.49. The minimum Gasteiger partial charge on any atom is -0.464 e. The summed E-state index contributed by atoms with van der Waals surface area (Å²) >= 11 is 0. The van der Waals surface area contributed by atoms with Gasteiger partial charge in [-0.3, -0.25) is 4.55 Å². The van der Waals surface area contributed by atoms with Crippen LogP contribution in [-0.2, 0) is 27.0 Å². The molecule has 6 nitrogen and oxygen atoms in total. The van der Waals surface area contributed by atoms with Gasteiger partial charge >= 0.3 is 10.3 Å². The van der Waals surface area contributed by atoms with Crippen molar-refractivity contribution in [3.8, 4) is 5.75 Å². The Kier molecular flexibility index (Phi) is 4.30. The van der Waals surface area contributed by atoms with Gasteiger partial charge in [-0.15, -0.1) is 0 Å². The Balaban J connectivity index is 2.28. The van der Waals surface area contributed by atoms with Crippen molar-refractivity contribution in [3.63, 3.8) is 0 Å². The maximum absolute atomic E-state index is 11.1. The van der Waals surface area contributed by atoms with Gasteiger partial charge in [0.2, 0.25) is 6.29 Å². The van der Waals surface area contributed by atoms with E-state index >= 15 is 0 Å². The van der Waals surface area contributed by atoms with Gasteiger partial charge in [-0.2, -0.15) is 12.7 Å². The van der Waals surface area contributed by atoms with E-state index in [0.717, 1.165) is 21.2 Å². The van der Waals surface area contributed by atoms with Crippen molar-refractivity contribution in [3.05, 3.63) is 29.3 Å². The first-order valence-corrected chi connectivity index (χ1v) is 8.16. The quantitative estimate of drug-likeness (QED) is 0.841. The number of nitrogens with zero attached hydrogens (tertiary/aromatic N) is 1. The predicted molar refractivity (Wildman–Crippen MR) is 78.5 cm³/mol. The van der Waals surface area contributed by atoms with Crippen LogP contribution in [-0.4, -0.2) is 37.2 Å². The first-order chi connectivity index (χ1) is 9.66. The molecule has 1 aromatic carbocycles. The van der Waals surface area contributed by atoms with E-state index in [1.807, 2.05) is 32.9 Å². The first-order valence-electron chi connectivity index (χ1n) is 6.76. The standard InChI is InChI=1S/C14H21NO5S/c1-5-19-13-14(2,3)11-8-10(6-7-12(11)20-13)9-15(4)21(16,17)18/h6-8,13H,5,9H2,1-4H3,(H,16,17,18). The molecule has 0 bridgehead atoms. The molecular formula is C14H21NO5S. The van der Waals surface area contributed by atoms with Crippen LogP contribution in [0.1, 0.15) is 31.9 Å². The van der Waals surface area contributed by atoms with Crippen molar-refractivity contribution in [1.29, 1.82) is 0 Å². The molecule has 1 aliphatic heterocycles.